The molecule has 1 aromatic heterocycles. The number of piperazine rings is 1. The third kappa shape index (κ3) is 5.27. The van der Waals surface area contributed by atoms with Gasteiger partial charge in [-0.2, -0.15) is 5.10 Å². The first kappa shape index (κ1) is 17.4. The van der Waals surface area contributed by atoms with Gasteiger partial charge in [-0.1, -0.05) is 30.3 Å². The van der Waals surface area contributed by atoms with E-state index in [1.165, 1.54) is 5.56 Å². The number of aromatic nitrogens is 1. The highest BCUT2D eigenvalue weighted by Crippen LogP contribution is 2.08. The molecular formula is C19H25N5O. The molecule has 6 nitrogen and oxygen atoms in total. The molecular weight excluding hydrogens is 314 g/mol. The minimum absolute atomic E-state index is 0.0676. The monoisotopic (exact) mass is 339 g/mol. The molecule has 132 valence electrons. The summed E-state index contributed by atoms with van der Waals surface area (Å²) in [5.41, 5.74) is 4.90. The van der Waals surface area contributed by atoms with Gasteiger partial charge in [0.1, 0.15) is 0 Å². The van der Waals surface area contributed by atoms with Gasteiger partial charge in [-0.3, -0.25) is 14.6 Å². The summed E-state index contributed by atoms with van der Waals surface area (Å²) in [6.07, 6.45) is 3.60. The number of rotatable bonds is 6. The number of carbonyl (C=O) groups excluding carboxylic acids is 1. The first-order valence-corrected chi connectivity index (χ1v) is 8.62. The van der Waals surface area contributed by atoms with Crippen LogP contribution in [0, 0.1) is 0 Å². The van der Waals surface area contributed by atoms with Crippen molar-refractivity contribution in [2.45, 2.75) is 6.54 Å². The van der Waals surface area contributed by atoms with Crippen LogP contribution in [0.1, 0.15) is 11.3 Å². The highest BCUT2D eigenvalue weighted by atomic mass is 16.2. The normalized spacial score (nSPS) is 16.4. The van der Waals surface area contributed by atoms with E-state index in [1.54, 1.807) is 6.21 Å². The number of hydrogen-bond donors (Lipinski definition) is 1. The number of hydrogen-bond acceptors (Lipinski definition) is 4. The van der Waals surface area contributed by atoms with Crippen LogP contribution in [0.3, 0.4) is 0 Å². The van der Waals surface area contributed by atoms with Crippen LogP contribution in [-0.4, -0.2) is 59.2 Å². The van der Waals surface area contributed by atoms with E-state index < -0.39 is 0 Å². The summed E-state index contributed by atoms with van der Waals surface area (Å²) >= 11 is 0. The lowest BCUT2D eigenvalue weighted by atomic mass is 10.2. The summed E-state index contributed by atoms with van der Waals surface area (Å²) < 4.78 is 1.95. The topological polar surface area (TPSA) is 52.9 Å². The predicted octanol–water partition coefficient (Wildman–Crippen LogP) is 1.29. The summed E-state index contributed by atoms with van der Waals surface area (Å²) in [7, 11) is 1.94. The Morgan fingerprint density at radius 3 is 2.48 bits per heavy atom. The molecule has 1 aromatic carbocycles. The van der Waals surface area contributed by atoms with Gasteiger partial charge in [0.15, 0.2) is 0 Å². The molecule has 0 radical (unpaired) electrons. The van der Waals surface area contributed by atoms with Crippen LogP contribution < -0.4 is 5.43 Å². The molecule has 1 N–H and O–H groups in total. The molecule has 3 rings (SSSR count). The van der Waals surface area contributed by atoms with E-state index in [2.05, 4.69) is 44.6 Å². The van der Waals surface area contributed by atoms with Gasteiger partial charge in [0.05, 0.1) is 18.5 Å². The first-order valence-electron chi connectivity index (χ1n) is 8.62. The lowest BCUT2D eigenvalue weighted by Gasteiger charge is -2.34. The molecule has 0 unspecified atom stereocenters. The number of benzene rings is 1. The minimum Gasteiger partial charge on any atom is -0.350 e. The highest BCUT2D eigenvalue weighted by Gasteiger charge is 2.18. The lowest BCUT2D eigenvalue weighted by molar-refractivity contribution is -0.122. The molecule has 0 saturated carbocycles. The third-order valence-electron chi connectivity index (χ3n) is 4.45. The van der Waals surface area contributed by atoms with Crippen molar-refractivity contribution in [3.63, 3.8) is 0 Å². The second kappa shape index (κ2) is 8.60. The molecule has 0 bridgehead atoms. The molecule has 2 heterocycles. The van der Waals surface area contributed by atoms with Crippen LogP contribution in [0.5, 0.6) is 0 Å². The van der Waals surface area contributed by atoms with Crippen LogP contribution in [0.25, 0.3) is 0 Å². The van der Waals surface area contributed by atoms with Crippen molar-refractivity contribution in [3.8, 4) is 0 Å². The Morgan fingerprint density at radius 1 is 1.08 bits per heavy atom. The Kier molecular flexibility index (Phi) is 5.98. The predicted molar refractivity (Wildman–Crippen MR) is 99.3 cm³/mol. The van der Waals surface area contributed by atoms with E-state index in [4.69, 9.17) is 0 Å². The van der Waals surface area contributed by atoms with Gasteiger partial charge in [-0.05, 0) is 17.7 Å². The Bertz CT molecular complexity index is 702. The Morgan fingerprint density at radius 2 is 1.80 bits per heavy atom. The van der Waals surface area contributed by atoms with Crippen molar-refractivity contribution in [2.24, 2.45) is 12.1 Å². The Hall–Kier alpha value is -2.44. The van der Waals surface area contributed by atoms with Crippen molar-refractivity contribution in [2.75, 3.05) is 32.7 Å². The number of nitrogens with zero attached hydrogens (tertiary/aromatic N) is 4. The summed E-state index contributed by atoms with van der Waals surface area (Å²) in [5, 5.41) is 4.03. The van der Waals surface area contributed by atoms with Gasteiger partial charge in [0, 0.05) is 46.0 Å². The van der Waals surface area contributed by atoms with Crippen LogP contribution in [0.15, 0.2) is 53.8 Å². The van der Waals surface area contributed by atoms with Gasteiger partial charge in [0.25, 0.3) is 5.91 Å². The molecule has 1 aliphatic rings. The van der Waals surface area contributed by atoms with Crippen LogP contribution in [0.2, 0.25) is 0 Å². The minimum atomic E-state index is -0.0676. The number of aryl methyl sites for hydroxylation is 1. The second-order valence-electron chi connectivity index (χ2n) is 6.38. The molecule has 0 aliphatic carbocycles. The molecule has 6 heteroatoms. The van der Waals surface area contributed by atoms with Crippen molar-refractivity contribution < 1.29 is 4.79 Å². The largest absolute Gasteiger partial charge is 0.350 e. The molecule has 1 saturated heterocycles. The fourth-order valence-electron chi connectivity index (χ4n) is 2.96. The van der Waals surface area contributed by atoms with E-state index in [-0.39, 0.29) is 5.91 Å². The standard InChI is InChI=1S/C19H25N5O/c1-22-9-5-8-18(22)14-20-21-19(25)16-24-12-10-23(11-13-24)15-17-6-3-2-4-7-17/h2-9,14H,10-13,15-16H2,1H3,(H,21,25). The van der Waals surface area contributed by atoms with Crippen molar-refractivity contribution in [1.29, 1.82) is 0 Å². The van der Waals surface area contributed by atoms with Crippen molar-refractivity contribution in [1.82, 2.24) is 19.8 Å². The molecule has 1 amide bonds. The summed E-state index contributed by atoms with van der Waals surface area (Å²) in [5.74, 6) is -0.0676. The van der Waals surface area contributed by atoms with Crippen LogP contribution in [0.4, 0.5) is 0 Å². The van der Waals surface area contributed by atoms with Crippen molar-refractivity contribution >= 4 is 12.1 Å². The average Bonchev–Trinajstić information content (AvgIpc) is 3.03. The smallest absolute Gasteiger partial charge is 0.254 e. The molecule has 1 fully saturated rings. The first-order chi connectivity index (χ1) is 12.2. The highest BCUT2D eigenvalue weighted by molar-refractivity contribution is 5.82. The molecule has 2 aromatic rings. The molecule has 1 aliphatic heterocycles. The zero-order chi connectivity index (χ0) is 17.5. The van der Waals surface area contributed by atoms with E-state index in [1.807, 2.05) is 36.0 Å². The summed E-state index contributed by atoms with van der Waals surface area (Å²) in [6.45, 7) is 5.14. The van der Waals surface area contributed by atoms with E-state index in [9.17, 15) is 4.79 Å². The summed E-state index contributed by atoms with van der Waals surface area (Å²) in [6, 6.07) is 14.4. The molecule has 25 heavy (non-hydrogen) atoms. The van der Waals surface area contributed by atoms with Gasteiger partial charge >= 0.3 is 0 Å². The van der Waals surface area contributed by atoms with E-state index >= 15 is 0 Å². The molecule has 0 spiro atoms. The van der Waals surface area contributed by atoms with Gasteiger partial charge in [0.2, 0.25) is 0 Å². The zero-order valence-corrected chi connectivity index (χ0v) is 14.6. The number of hydrazone groups is 1. The lowest BCUT2D eigenvalue weighted by Crippen LogP contribution is -2.48. The SMILES string of the molecule is Cn1cccc1C=NNC(=O)CN1CCN(Cc2ccccc2)CC1. The fraction of sp³-hybridized carbons (Fsp3) is 0.368. The van der Waals surface area contributed by atoms with Crippen LogP contribution >= 0.6 is 0 Å². The average molecular weight is 339 g/mol. The second-order valence-corrected chi connectivity index (χ2v) is 6.38. The van der Waals surface area contributed by atoms with Gasteiger partial charge in [-0.25, -0.2) is 5.43 Å². The molecule has 0 atom stereocenters. The maximum atomic E-state index is 12.0. The fourth-order valence-corrected chi connectivity index (χ4v) is 2.96. The maximum absolute atomic E-state index is 12.0. The summed E-state index contributed by atoms with van der Waals surface area (Å²) in [4.78, 5) is 16.6. The van der Waals surface area contributed by atoms with Crippen molar-refractivity contribution in [3.05, 3.63) is 59.9 Å². The van der Waals surface area contributed by atoms with E-state index in [0.29, 0.717) is 6.54 Å². The number of carbonyl (C=O) groups is 1. The zero-order valence-electron chi connectivity index (χ0n) is 14.6. The number of amides is 1. The number of nitrogens with one attached hydrogen (secondary N) is 1. The van der Waals surface area contributed by atoms with Gasteiger partial charge < -0.3 is 4.57 Å². The van der Waals surface area contributed by atoms with Crippen LogP contribution in [-0.2, 0) is 18.4 Å². The Balaban J connectivity index is 1.37. The third-order valence-corrected chi connectivity index (χ3v) is 4.45. The maximum Gasteiger partial charge on any atom is 0.254 e. The van der Waals surface area contributed by atoms with Gasteiger partial charge in [-0.15, -0.1) is 0 Å². The Labute approximate surface area is 148 Å². The van der Waals surface area contributed by atoms with E-state index in [0.717, 1.165) is 38.4 Å². The quantitative estimate of drug-likeness (QED) is 0.637.